The summed E-state index contributed by atoms with van der Waals surface area (Å²) in [4.78, 5) is 25.0. The first-order valence-corrected chi connectivity index (χ1v) is 10.9. The predicted octanol–water partition coefficient (Wildman–Crippen LogP) is 2.77. The fourth-order valence-electron chi connectivity index (χ4n) is 4.77. The van der Waals surface area contributed by atoms with Crippen molar-refractivity contribution < 1.29 is 4.79 Å². The van der Waals surface area contributed by atoms with E-state index in [1.54, 1.807) is 0 Å². The van der Waals surface area contributed by atoms with Crippen LogP contribution in [0.25, 0.3) is 0 Å². The van der Waals surface area contributed by atoms with Crippen LogP contribution in [0.3, 0.4) is 0 Å². The topological polar surface area (TPSA) is 39.7 Å². The third-order valence-corrected chi connectivity index (χ3v) is 6.63. The fourth-order valence-corrected chi connectivity index (χ4v) is 4.77. The van der Waals surface area contributed by atoms with Gasteiger partial charge in [0, 0.05) is 44.3 Å². The molecule has 1 unspecified atom stereocenters. The Hall–Kier alpha value is -1.46. The number of likely N-dealkylation sites (tertiary alicyclic amines) is 2. The van der Waals surface area contributed by atoms with Crippen molar-refractivity contribution in [2.45, 2.75) is 57.5 Å². The third-order valence-electron chi connectivity index (χ3n) is 6.63. The van der Waals surface area contributed by atoms with Gasteiger partial charge in [-0.1, -0.05) is 12.5 Å². The summed E-state index contributed by atoms with van der Waals surface area (Å²) < 4.78 is 0. The molecule has 0 bridgehead atoms. The summed E-state index contributed by atoms with van der Waals surface area (Å²) in [5, 5.41) is 0. The second-order valence-electron chi connectivity index (χ2n) is 8.56. The smallest absolute Gasteiger partial charge is 0.226 e. The molecule has 3 aliphatic rings. The van der Waals surface area contributed by atoms with Crippen LogP contribution in [-0.2, 0) is 11.3 Å². The normalized spacial score (nSPS) is 24.7. The van der Waals surface area contributed by atoms with Gasteiger partial charge in [-0.25, -0.2) is 0 Å². The fraction of sp³-hybridized carbons (Fsp3) is 0.727. The molecule has 2 saturated heterocycles. The Bertz CT molecular complexity index is 598. The van der Waals surface area contributed by atoms with E-state index in [0.29, 0.717) is 17.9 Å². The molecule has 0 spiro atoms. The van der Waals surface area contributed by atoms with Crippen LogP contribution >= 0.6 is 0 Å². The van der Waals surface area contributed by atoms with Crippen LogP contribution in [0.15, 0.2) is 24.4 Å². The third kappa shape index (κ3) is 4.88. The molecule has 3 fully saturated rings. The second-order valence-corrected chi connectivity index (χ2v) is 8.56. The number of piperidine rings is 1. The van der Waals surface area contributed by atoms with Gasteiger partial charge in [0.25, 0.3) is 0 Å². The summed E-state index contributed by atoms with van der Waals surface area (Å²) in [6, 6.07) is 6.51. The molecule has 1 saturated carbocycles. The number of aromatic nitrogens is 1. The van der Waals surface area contributed by atoms with Crippen LogP contribution in [0.2, 0.25) is 0 Å². The molecular weight excluding hydrogens is 336 g/mol. The molecule has 5 nitrogen and oxygen atoms in total. The Balaban J connectivity index is 1.38. The lowest BCUT2D eigenvalue weighted by Crippen LogP contribution is -2.54. The average Bonchev–Trinajstić information content (AvgIpc) is 3.15. The lowest BCUT2D eigenvalue weighted by atomic mass is 9.83. The molecule has 1 amide bonds. The molecule has 2 aliphatic heterocycles. The summed E-state index contributed by atoms with van der Waals surface area (Å²) in [7, 11) is 0. The van der Waals surface area contributed by atoms with Crippen LogP contribution < -0.4 is 0 Å². The van der Waals surface area contributed by atoms with Crippen LogP contribution in [0.5, 0.6) is 0 Å². The van der Waals surface area contributed by atoms with Crippen molar-refractivity contribution in [3.8, 4) is 0 Å². The summed E-state index contributed by atoms with van der Waals surface area (Å²) >= 11 is 0. The molecule has 1 aliphatic carbocycles. The van der Waals surface area contributed by atoms with E-state index in [1.165, 1.54) is 38.8 Å². The van der Waals surface area contributed by atoms with E-state index in [0.717, 1.165) is 57.7 Å². The molecule has 0 aromatic carbocycles. The molecule has 1 aromatic rings. The quantitative estimate of drug-likeness (QED) is 0.740. The molecule has 27 heavy (non-hydrogen) atoms. The van der Waals surface area contributed by atoms with Crippen molar-refractivity contribution >= 4 is 5.91 Å². The minimum atomic E-state index is 0.301. The van der Waals surface area contributed by atoms with E-state index in [-0.39, 0.29) is 0 Å². The van der Waals surface area contributed by atoms with E-state index in [2.05, 4.69) is 31.8 Å². The van der Waals surface area contributed by atoms with Gasteiger partial charge in [-0.3, -0.25) is 14.7 Å². The van der Waals surface area contributed by atoms with Crippen LogP contribution in [0, 0.1) is 5.92 Å². The summed E-state index contributed by atoms with van der Waals surface area (Å²) in [5.41, 5.74) is 1.13. The number of pyridine rings is 1. The standard InChI is InChI=1S/C22H34N4O/c27-22(19-7-5-8-19)26(16-15-24-12-3-4-13-24)21-10-6-14-25(18-21)17-20-9-1-2-11-23-20/h1-2,9,11,19,21H,3-8,10,12-18H2. The van der Waals surface area contributed by atoms with Crippen molar-refractivity contribution in [2.24, 2.45) is 5.92 Å². The molecule has 0 N–H and O–H groups in total. The van der Waals surface area contributed by atoms with Crippen molar-refractivity contribution in [1.82, 2.24) is 19.7 Å². The van der Waals surface area contributed by atoms with Crippen LogP contribution in [0.1, 0.15) is 50.6 Å². The molecule has 0 radical (unpaired) electrons. The summed E-state index contributed by atoms with van der Waals surface area (Å²) in [5.74, 6) is 0.736. The van der Waals surface area contributed by atoms with E-state index in [4.69, 9.17) is 0 Å². The second kappa shape index (κ2) is 9.16. The largest absolute Gasteiger partial charge is 0.337 e. The Labute approximate surface area is 163 Å². The number of hydrogen-bond acceptors (Lipinski definition) is 4. The molecule has 148 valence electrons. The molecule has 5 heteroatoms. The predicted molar refractivity (Wildman–Crippen MR) is 107 cm³/mol. The van der Waals surface area contributed by atoms with E-state index < -0.39 is 0 Å². The van der Waals surface area contributed by atoms with E-state index in [9.17, 15) is 4.79 Å². The highest BCUT2D eigenvalue weighted by Crippen LogP contribution is 2.30. The maximum absolute atomic E-state index is 13.2. The van der Waals surface area contributed by atoms with Gasteiger partial charge in [-0.05, 0) is 70.3 Å². The molecule has 4 rings (SSSR count). The highest BCUT2D eigenvalue weighted by Gasteiger charge is 2.35. The van der Waals surface area contributed by atoms with Gasteiger partial charge in [-0.15, -0.1) is 0 Å². The Morgan fingerprint density at radius 2 is 1.85 bits per heavy atom. The molecule has 1 aromatic heterocycles. The van der Waals surface area contributed by atoms with Gasteiger partial charge in [0.2, 0.25) is 5.91 Å². The zero-order chi connectivity index (χ0) is 18.5. The van der Waals surface area contributed by atoms with Crippen LogP contribution in [0.4, 0.5) is 0 Å². The lowest BCUT2D eigenvalue weighted by molar-refractivity contribution is -0.142. The molecule has 1 atom stereocenters. The number of carbonyl (C=O) groups is 1. The van der Waals surface area contributed by atoms with Crippen molar-refractivity contribution in [1.29, 1.82) is 0 Å². The first-order chi connectivity index (χ1) is 13.3. The van der Waals surface area contributed by atoms with Gasteiger partial charge in [0.05, 0.1) is 5.69 Å². The number of rotatable bonds is 7. The number of amides is 1. The summed E-state index contributed by atoms with van der Waals surface area (Å²) in [6.07, 6.45) is 10.3. The van der Waals surface area contributed by atoms with Crippen LogP contribution in [-0.4, -0.2) is 70.9 Å². The minimum absolute atomic E-state index is 0.301. The Kier molecular flexibility index (Phi) is 6.40. The van der Waals surface area contributed by atoms with Crippen molar-refractivity contribution in [3.05, 3.63) is 30.1 Å². The first kappa shape index (κ1) is 18.9. The number of nitrogens with zero attached hydrogens (tertiary/aromatic N) is 4. The van der Waals surface area contributed by atoms with Gasteiger partial charge >= 0.3 is 0 Å². The highest BCUT2D eigenvalue weighted by atomic mass is 16.2. The summed E-state index contributed by atoms with van der Waals surface area (Å²) in [6.45, 7) is 7.39. The van der Waals surface area contributed by atoms with Gasteiger partial charge < -0.3 is 9.80 Å². The Morgan fingerprint density at radius 3 is 2.56 bits per heavy atom. The van der Waals surface area contributed by atoms with Crippen molar-refractivity contribution in [3.63, 3.8) is 0 Å². The lowest BCUT2D eigenvalue weighted by Gasteiger charge is -2.42. The zero-order valence-electron chi connectivity index (χ0n) is 16.6. The average molecular weight is 371 g/mol. The maximum atomic E-state index is 13.2. The zero-order valence-corrected chi connectivity index (χ0v) is 16.6. The number of carbonyl (C=O) groups excluding carboxylic acids is 1. The SMILES string of the molecule is O=C(C1CCC1)N(CCN1CCCC1)C1CCCN(Cc2ccccn2)C1. The van der Waals surface area contributed by atoms with Gasteiger partial charge in [0.1, 0.15) is 0 Å². The first-order valence-electron chi connectivity index (χ1n) is 10.9. The van der Waals surface area contributed by atoms with E-state index in [1.807, 2.05) is 12.3 Å². The molecule has 3 heterocycles. The Morgan fingerprint density at radius 1 is 1.04 bits per heavy atom. The highest BCUT2D eigenvalue weighted by molar-refractivity contribution is 5.80. The van der Waals surface area contributed by atoms with Gasteiger partial charge in [0.15, 0.2) is 0 Å². The van der Waals surface area contributed by atoms with Crippen molar-refractivity contribution in [2.75, 3.05) is 39.3 Å². The monoisotopic (exact) mass is 370 g/mol. The van der Waals surface area contributed by atoms with E-state index >= 15 is 0 Å². The number of hydrogen-bond donors (Lipinski definition) is 0. The van der Waals surface area contributed by atoms with Gasteiger partial charge in [-0.2, -0.15) is 0 Å². The molecular formula is C22H34N4O. The minimum Gasteiger partial charge on any atom is -0.337 e. The maximum Gasteiger partial charge on any atom is 0.226 e.